The van der Waals surface area contributed by atoms with Crippen molar-refractivity contribution in [3.63, 3.8) is 0 Å². The van der Waals surface area contributed by atoms with Gasteiger partial charge < -0.3 is 15.5 Å². The van der Waals surface area contributed by atoms with Crippen molar-refractivity contribution >= 4 is 17.5 Å². The van der Waals surface area contributed by atoms with Gasteiger partial charge in [-0.15, -0.1) is 0 Å². The Morgan fingerprint density at radius 1 is 1.39 bits per heavy atom. The summed E-state index contributed by atoms with van der Waals surface area (Å²) in [5, 5.41) is 5.72. The Balaban J connectivity index is 1.96. The maximum absolute atomic E-state index is 11.9. The molecule has 0 spiro atoms. The van der Waals surface area contributed by atoms with Gasteiger partial charge in [0.05, 0.1) is 0 Å². The quantitative estimate of drug-likeness (QED) is 0.673. The van der Waals surface area contributed by atoms with Crippen LogP contribution < -0.4 is 10.6 Å². The highest BCUT2D eigenvalue weighted by Gasteiger charge is 2.23. The van der Waals surface area contributed by atoms with Gasteiger partial charge in [0.15, 0.2) is 0 Å². The number of carbonyl (C=O) groups is 2. The summed E-state index contributed by atoms with van der Waals surface area (Å²) in [7, 11) is 0. The third-order valence-electron chi connectivity index (χ3n) is 2.75. The number of nitrogens with zero attached hydrogens (tertiary/aromatic N) is 2. The van der Waals surface area contributed by atoms with E-state index in [1.165, 1.54) is 0 Å². The first-order valence-corrected chi connectivity index (χ1v) is 5.90. The van der Waals surface area contributed by atoms with E-state index in [0.717, 1.165) is 18.8 Å². The number of hydrogen-bond donors (Lipinski definition) is 2. The third-order valence-corrected chi connectivity index (χ3v) is 2.75. The van der Waals surface area contributed by atoms with Crippen LogP contribution in [-0.4, -0.2) is 47.9 Å². The van der Waals surface area contributed by atoms with Crippen LogP contribution in [0.3, 0.4) is 0 Å². The molecule has 0 unspecified atom stereocenters. The van der Waals surface area contributed by atoms with Crippen molar-refractivity contribution < 1.29 is 9.59 Å². The molecule has 0 saturated carbocycles. The molecular weight excluding hydrogens is 232 g/mol. The average molecular weight is 248 g/mol. The summed E-state index contributed by atoms with van der Waals surface area (Å²) in [5.74, 6) is -1.08. The molecule has 1 aliphatic rings. The monoisotopic (exact) mass is 248 g/mol. The third kappa shape index (κ3) is 3.04. The van der Waals surface area contributed by atoms with Gasteiger partial charge in [0.2, 0.25) is 0 Å². The van der Waals surface area contributed by atoms with Crippen molar-refractivity contribution in [1.29, 1.82) is 0 Å². The van der Waals surface area contributed by atoms with Crippen LogP contribution in [0.25, 0.3) is 0 Å². The van der Waals surface area contributed by atoms with Gasteiger partial charge in [-0.25, -0.2) is 0 Å². The molecule has 1 aromatic rings. The summed E-state index contributed by atoms with van der Waals surface area (Å²) in [6.45, 7) is 4.43. The molecule has 1 saturated heterocycles. The Kier molecular flexibility index (Phi) is 3.88. The zero-order valence-corrected chi connectivity index (χ0v) is 10.3. The first kappa shape index (κ1) is 12.5. The summed E-state index contributed by atoms with van der Waals surface area (Å²) < 4.78 is 0. The number of piperazine rings is 1. The van der Waals surface area contributed by atoms with Crippen molar-refractivity contribution in [3.05, 3.63) is 24.0 Å². The number of pyridine rings is 1. The molecule has 0 radical (unpaired) electrons. The molecule has 1 aromatic heterocycles. The molecule has 1 aliphatic heterocycles. The summed E-state index contributed by atoms with van der Waals surface area (Å²) in [6, 6.07) is 3.39. The second-order valence-electron chi connectivity index (χ2n) is 4.18. The molecule has 2 amide bonds. The van der Waals surface area contributed by atoms with Gasteiger partial charge in [-0.1, -0.05) is 0 Å². The van der Waals surface area contributed by atoms with Crippen LogP contribution in [0.15, 0.2) is 18.3 Å². The van der Waals surface area contributed by atoms with E-state index >= 15 is 0 Å². The highest BCUT2D eigenvalue weighted by molar-refractivity contribution is 6.39. The fourth-order valence-corrected chi connectivity index (χ4v) is 1.82. The van der Waals surface area contributed by atoms with E-state index in [0.29, 0.717) is 18.8 Å². The molecular formula is C12H16N4O2. The highest BCUT2D eigenvalue weighted by Crippen LogP contribution is 2.07. The second-order valence-corrected chi connectivity index (χ2v) is 4.18. The Morgan fingerprint density at radius 2 is 2.11 bits per heavy atom. The van der Waals surface area contributed by atoms with Crippen LogP contribution in [0, 0.1) is 6.92 Å². The predicted molar refractivity (Wildman–Crippen MR) is 67.1 cm³/mol. The lowest BCUT2D eigenvalue weighted by atomic mass is 10.3. The van der Waals surface area contributed by atoms with Crippen LogP contribution in [0.4, 0.5) is 5.69 Å². The SMILES string of the molecule is Cc1cc(NC(=O)C(=O)N2CCNCC2)ccn1. The molecule has 0 bridgehead atoms. The Bertz CT molecular complexity index is 455. The van der Waals surface area contributed by atoms with Crippen molar-refractivity contribution in [2.75, 3.05) is 31.5 Å². The van der Waals surface area contributed by atoms with Crippen molar-refractivity contribution in [2.24, 2.45) is 0 Å². The lowest BCUT2D eigenvalue weighted by molar-refractivity contribution is -0.143. The zero-order valence-electron chi connectivity index (χ0n) is 10.3. The fraction of sp³-hybridized carbons (Fsp3) is 0.417. The minimum atomic E-state index is -0.595. The predicted octanol–water partition coefficient (Wildman–Crippen LogP) is -0.240. The number of carbonyl (C=O) groups excluding carboxylic acids is 2. The molecule has 2 heterocycles. The maximum Gasteiger partial charge on any atom is 0.313 e. The molecule has 0 atom stereocenters. The van der Waals surface area contributed by atoms with E-state index < -0.39 is 11.8 Å². The normalized spacial score (nSPS) is 15.3. The summed E-state index contributed by atoms with van der Waals surface area (Å²) in [6.07, 6.45) is 1.60. The van der Waals surface area contributed by atoms with Crippen molar-refractivity contribution in [2.45, 2.75) is 6.92 Å². The second kappa shape index (κ2) is 5.59. The lowest BCUT2D eigenvalue weighted by Crippen LogP contribution is -2.49. The summed E-state index contributed by atoms with van der Waals surface area (Å²) in [5.41, 5.74) is 1.39. The van der Waals surface area contributed by atoms with Crippen LogP contribution in [0.1, 0.15) is 5.69 Å². The van der Waals surface area contributed by atoms with E-state index in [-0.39, 0.29) is 0 Å². The van der Waals surface area contributed by atoms with Gasteiger partial charge >= 0.3 is 11.8 Å². The first-order chi connectivity index (χ1) is 8.66. The minimum Gasteiger partial charge on any atom is -0.332 e. The molecule has 2 N–H and O–H groups in total. The molecule has 0 aliphatic carbocycles. The number of anilines is 1. The van der Waals surface area contributed by atoms with Gasteiger partial charge in [0.1, 0.15) is 0 Å². The minimum absolute atomic E-state index is 0.481. The number of rotatable bonds is 1. The zero-order chi connectivity index (χ0) is 13.0. The van der Waals surface area contributed by atoms with E-state index in [1.54, 1.807) is 23.2 Å². The van der Waals surface area contributed by atoms with Gasteiger partial charge in [0.25, 0.3) is 0 Å². The van der Waals surface area contributed by atoms with E-state index in [2.05, 4.69) is 15.6 Å². The van der Waals surface area contributed by atoms with Crippen molar-refractivity contribution in [3.8, 4) is 0 Å². The largest absolute Gasteiger partial charge is 0.332 e. The maximum atomic E-state index is 11.9. The number of amides is 2. The van der Waals surface area contributed by atoms with Crippen LogP contribution in [0.5, 0.6) is 0 Å². The molecule has 2 rings (SSSR count). The number of nitrogens with one attached hydrogen (secondary N) is 2. The van der Waals surface area contributed by atoms with Crippen LogP contribution in [0.2, 0.25) is 0 Å². The Morgan fingerprint density at radius 3 is 2.78 bits per heavy atom. The Labute approximate surface area is 105 Å². The van der Waals surface area contributed by atoms with Gasteiger partial charge in [-0.2, -0.15) is 0 Å². The molecule has 18 heavy (non-hydrogen) atoms. The number of hydrogen-bond acceptors (Lipinski definition) is 4. The van der Waals surface area contributed by atoms with E-state index in [1.807, 2.05) is 6.92 Å². The fourth-order valence-electron chi connectivity index (χ4n) is 1.82. The van der Waals surface area contributed by atoms with E-state index in [9.17, 15) is 9.59 Å². The topological polar surface area (TPSA) is 74.3 Å². The van der Waals surface area contributed by atoms with Crippen LogP contribution >= 0.6 is 0 Å². The highest BCUT2D eigenvalue weighted by atomic mass is 16.2. The van der Waals surface area contributed by atoms with Gasteiger partial charge in [-0.05, 0) is 19.1 Å². The van der Waals surface area contributed by atoms with Gasteiger partial charge in [-0.3, -0.25) is 14.6 Å². The number of aromatic nitrogens is 1. The summed E-state index contributed by atoms with van der Waals surface area (Å²) in [4.78, 5) is 29.2. The molecule has 6 nitrogen and oxygen atoms in total. The summed E-state index contributed by atoms with van der Waals surface area (Å²) >= 11 is 0. The number of aryl methyl sites for hydroxylation is 1. The van der Waals surface area contributed by atoms with Crippen LogP contribution in [-0.2, 0) is 9.59 Å². The smallest absolute Gasteiger partial charge is 0.313 e. The Hall–Kier alpha value is -1.95. The molecule has 1 fully saturated rings. The molecule has 6 heteroatoms. The lowest BCUT2D eigenvalue weighted by Gasteiger charge is -2.26. The standard InChI is InChI=1S/C12H16N4O2/c1-9-8-10(2-3-14-9)15-11(17)12(18)16-6-4-13-5-7-16/h2-3,8,13H,4-7H2,1H3,(H,14,15,17). The van der Waals surface area contributed by atoms with E-state index in [4.69, 9.17) is 0 Å². The van der Waals surface area contributed by atoms with Crippen molar-refractivity contribution in [1.82, 2.24) is 15.2 Å². The first-order valence-electron chi connectivity index (χ1n) is 5.90. The average Bonchev–Trinajstić information content (AvgIpc) is 2.39. The molecule has 0 aromatic carbocycles. The molecule has 96 valence electrons. The van der Waals surface area contributed by atoms with Gasteiger partial charge in [0, 0.05) is 43.8 Å².